The minimum absolute atomic E-state index is 0.0270. The van der Waals surface area contributed by atoms with Crippen molar-refractivity contribution in [2.75, 3.05) is 5.32 Å². The number of amides is 2. The summed E-state index contributed by atoms with van der Waals surface area (Å²) in [5.41, 5.74) is 1.49. The van der Waals surface area contributed by atoms with Crippen molar-refractivity contribution in [1.29, 1.82) is 0 Å². The zero-order valence-corrected chi connectivity index (χ0v) is 22.7. The van der Waals surface area contributed by atoms with Crippen LogP contribution in [0.1, 0.15) is 52.0 Å². The number of rotatable bonds is 10. The van der Waals surface area contributed by atoms with Crippen molar-refractivity contribution < 1.29 is 29.0 Å². The number of hydrogen-bond acceptors (Lipinski definition) is 7. The number of carbonyl (C=O) groups excluding carboxylic acids is 2. The first-order valence-electron chi connectivity index (χ1n) is 13.7. The van der Waals surface area contributed by atoms with Gasteiger partial charge in [0, 0.05) is 30.7 Å². The molecule has 214 valence electrons. The maximum absolute atomic E-state index is 12.4. The number of carboxylic acid groups (broad SMARTS) is 1. The molecule has 0 aliphatic heterocycles. The van der Waals surface area contributed by atoms with E-state index < -0.39 is 5.97 Å². The molecule has 1 aliphatic carbocycles. The lowest BCUT2D eigenvalue weighted by Crippen LogP contribution is -2.39. The van der Waals surface area contributed by atoms with Gasteiger partial charge in [-0.1, -0.05) is 18.2 Å². The van der Waals surface area contributed by atoms with E-state index in [1.165, 1.54) is 6.07 Å². The summed E-state index contributed by atoms with van der Waals surface area (Å²) in [6.45, 7) is 0. The molecule has 0 spiro atoms. The molecule has 1 fully saturated rings. The minimum Gasteiger partial charge on any atom is -0.490 e. The number of pyridine rings is 2. The highest BCUT2D eigenvalue weighted by molar-refractivity contribution is 6.01. The van der Waals surface area contributed by atoms with Crippen LogP contribution in [0.25, 0.3) is 0 Å². The molecule has 10 nitrogen and oxygen atoms in total. The zero-order valence-electron chi connectivity index (χ0n) is 22.7. The van der Waals surface area contributed by atoms with Crippen LogP contribution in [0.15, 0.2) is 91.4 Å². The molecule has 0 radical (unpaired) electrons. The highest BCUT2D eigenvalue weighted by atomic mass is 16.5. The molecule has 5 rings (SSSR count). The van der Waals surface area contributed by atoms with Gasteiger partial charge >= 0.3 is 5.97 Å². The van der Waals surface area contributed by atoms with E-state index in [9.17, 15) is 19.5 Å². The van der Waals surface area contributed by atoms with Crippen LogP contribution >= 0.6 is 0 Å². The molecule has 2 aromatic carbocycles. The van der Waals surface area contributed by atoms with E-state index in [1.54, 1.807) is 73.2 Å². The summed E-state index contributed by atoms with van der Waals surface area (Å²) < 4.78 is 12.0. The van der Waals surface area contributed by atoms with E-state index in [4.69, 9.17) is 9.47 Å². The van der Waals surface area contributed by atoms with Crippen LogP contribution in [0.5, 0.6) is 17.4 Å². The van der Waals surface area contributed by atoms with E-state index in [-0.39, 0.29) is 41.6 Å². The van der Waals surface area contributed by atoms with Gasteiger partial charge in [0.25, 0.3) is 5.91 Å². The third-order valence-corrected chi connectivity index (χ3v) is 6.88. The normalized spacial score (nSPS) is 16.2. The van der Waals surface area contributed by atoms with Gasteiger partial charge in [-0.05, 0) is 79.8 Å². The summed E-state index contributed by atoms with van der Waals surface area (Å²) in [5.74, 6) is 0.141. The Kier molecular flexibility index (Phi) is 9.03. The van der Waals surface area contributed by atoms with Gasteiger partial charge in [-0.25, -0.2) is 9.78 Å². The Labute approximate surface area is 242 Å². The molecule has 0 unspecified atom stereocenters. The van der Waals surface area contributed by atoms with E-state index in [0.29, 0.717) is 22.8 Å². The van der Waals surface area contributed by atoms with Crippen molar-refractivity contribution in [1.82, 2.24) is 15.3 Å². The predicted octanol–water partition coefficient (Wildman–Crippen LogP) is 5.27. The number of carbonyl (C=O) groups is 3. The number of nitrogens with one attached hydrogen (secondary N) is 2. The average Bonchev–Trinajstić information content (AvgIpc) is 3.00. The molecule has 2 amide bonds. The van der Waals surface area contributed by atoms with E-state index in [1.807, 2.05) is 12.1 Å². The van der Waals surface area contributed by atoms with Crippen LogP contribution in [-0.2, 0) is 11.2 Å². The summed E-state index contributed by atoms with van der Waals surface area (Å²) in [6, 6.07) is 20.6. The third kappa shape index (κ3) is 7.69. The molecule has 0 saturated heterocycles. The smallest absolute Gasteiger partial charge is 0.337 e. The first-order chi connectivity index (χ1) is 20.4. The van der Waals surface area contributed by atoms with Gasteiger partial charge in [-0.2, -0.15) is 0 Å². The number of nitrogens with zero attached hydrogens (tertiary/aromatic N) is 2. The van der Waals surface area contributed by atoms with Gasteiger partial charge in [0.15, 0.2) is 0 Å². The van der Waals surface area contributed by atoms with Crippen molar-refractivity contribution >= 4 is 23.5 Å². The number of anilines is 1. The second-order valence-corrected chi connectivity index (χ2v) is 9.96. The first-order valence-corrected chi connectivity index (χ1v) is 13.7. The van der Waals surface area contributed by atoms with Crippen molar-refractivity contribution in [3.8, 4) is 17.4 Å². The largest absolute Gasteiger partial charge is 0.490 e. The van der Waals surface area contributed by atoms with Crippen LogP contribution in [-0.4, -0.2) is 45.0 Å². The summed E-state index contributed by atoms with van der Waals surface area (Å²) in [6.07, 6.45) is 8.24. The summed E-state index contributed by atoms with van der Waals surface area (Å²) >= 11 is 0. The van der Waals surface area contributed by atoms with E-state index >= 15 is 0 Å². The Morgan fingerprint density at radius 1 is 0.857 bits per heavy atom. The van der Waals surface area contributed by atoms with Crippen molar-refractivity contribution in [2.24, 2.45) is 0 Å². The van der Waals surface area contributed by atoms with Gasteiger partial charge < -0.3 is 25.2 Å². The number of benzene rings is 2. The van der Waals surface area contributed by atoms with Crippen molar-refractivity contribution in [2.45, 2.75) is 44.2 Å². The molecule has 4 aromatic rings. The fraction of sp³-hybridized carbons (Fsp3) is 0.219. The lowest BCUT2D eigenvalue weighted by molar-refractivity contribution is -0.115. The molecular formula is C32H30N4O6. The number of hydrogen-bond donors (Lipinski definition) is 3. The lowest BCUT2D eigenvalue weighted by atomic mass is 9.92. The quantitative estimate of drug-likeness (QED) is 0.236. The summed E-state index contributed by atoms with van der Waals surface area (Å²) in [7, 11) is 0. The lowest BCUT2D eigenvalue weighted by Gasteiger charge is -2.29. The molecule has 2 aromatic heterocycles. The molecule has 2 heterocycles. The van der Waals surface area contributed by atoms with Crippen LogP contribution in [0.4, 0.5) is 5.69 Å². The SMILES string of the molecule is O=C(Cc1ccc(Oc2ccc(OC3CCC(NC(=O)c4cccnc4)CC3)cc2)nc1)Nc1ccccc1C(=O)O. The van der Waals surface area contributed by atoms with Crippen LogP contribution in [0.2, 0.25) is 0 Å². The second kappa shape index (κ2) is 13.4. The standard InChI is InChI=1S/C32H30N4O6/c37-29(36-28-6-2-1-5-27(28)32(39)40)18-21-7-16-30(34-19-21)42-26-14-12-25(13-15-26)41-24-10-8-23(9-11-24)35-31(38)22-4-3-17-33-20-22/h1-7,12-17,19-20,23-24H,8-11,18H2,(H,35,38)(H,36,37)(H,39,40). The fourth-order valence-electron chi connectivity index (χ4n) is 4.72. The molecule has 1 saturated carbocycles. The highest BCUT2D eigenvalue weighted by Gasteiger charge is 2.24. The predicted molar refractivity (Wildman–Crippen MR) is 155 cm³/mol. The number of ether oxygens (including phenoxy) is 2. The molecule has 0 bridgehead atoms. The number of aromatic carboxylic acids is 1. The molecule has 1 aliphatic rings. The van der Waals surface area contributed by atoms with Crippen molar-refractivity contribution in [3.63, 3.8) is 0 Å². The monoisotopic (exact) mass is 566 g/mol. The maximum atomic E-state index is 12.4. The zero-order chi connectivity index (χ0) is 29.3. The van der Waals surface area contributed by atoms with Gasteiger partial charge in [0.2, 0.25) is 11.8 Å². The summed E-state index contributed by atoms with van der Waals surface area (Å²) in [5, 5.41) is 15.0. The van der Waals surface area contributed by atoms with Crippen molar-refractivity contribution in [3.05, 3.63) is 108 Å². The molecule has 42 heavy (non-hydrogen) atoms. The summed E-state index contributed by atoms with van der Waals surface area (Å²) in [4.78, 5) is 44.4. The van der Waals surface area contributed by atoms with E-state index in [0.717, 1.165) is 31.4 Å². The number of aromatic nitrogens is 2. The molecular weight excluding hydrogens is 536 g/mol. The average molecular weight is 567 g/mol. The van der Waals surface area contributed by atoms with Gasteiger partial charge in [-0.15, -0.1) is 0 Å². The molecule has 3 N–H and O–H groups in total. The topological polar surface area (TPSA) is 140 Å². The second-order valence-electron chi connectivity index (χ2n) is 9.96. The number of carboxylic acids is 1. The van der Waals surface area contributed by atoms with Gasteiger partial charge in [-0.3, -0.25) is 14.6 Å². The Hall–Kier alpha value is -5.25. The van der Waals surface area contributed by atoms with Crippen LogP contribution in [0, 0.1) is 0 Å². The maximum Gasteiger partial charge on any atom is 0.337 e. The van der Waals surface area contributed by atoms with Gasteiger partial charge in [0.05, 0.1) is 29.3 Å². The Morgan fingerprint density at radius 2 is 1.62 bits per heavy atom. The third-order valence-electron chi connectivity index (χ3n) is 6.88. The first kappa shape index (κ1) is 28.3. The van der Waals surface area contributed by atoms with Crippen LogP contribution < -0.4 is 20.1 Å². The van der Waals surface area contributed by atoms with Gasteiger partial charge in [0.1, 0.15) is 11.5 Å². The molecule has 0 atom stereocenters. The fourth-order valence-corrected chi connectivity index (χ4v) is 4.72. The minimum atomic E-state index is -1.11. The highest BCUT2D eigenvalue weighted by Crippen LogP contribution is 2.27. The Morgan fingerprint density at radius 3 is 2.31 bits per heavy atom. The Balaban J connectivity index is 1.06. The number of para-hydroxylation sites is 1. The van der Waals surface area contributed by atoms with Crippen LogP contribution in [0.3, 0.4) is 0 Å². The van der Waals surface area contributed by atoms with E-state index in [2.05, 4.69) is 20.6 Å². The molecule has 10 heteroatoms. The Bertz CT molecular complexity index is 1520.